The minimum absolute atomic E-state index is 0.201. The van der Waals surface area contributed by atoms with Crippen LogP contribution in [-0.2, 0) is 0 Å². The van der Waals surface area contributed by atoms with Gasteiger partial charge in [0.1, 0.15) is 11.6 Å². The van der Waals surface area contributed by atoms with Crippen LogP contribution in [0, 0.1) is 11.6 Å². The molecular weight excluding hydrogens is 276 g/mol. The van der Waals surface area contributed by atoms with Crippen molar-refractivity contribution < 1.29 is 8.78 Å². The fourth-order valence-corrected chi connectivity index (χ4v) is 2.24. The van der Waals surface area contributed by atoms with Gasteiger partial charge in [0, 0.05) is 12.1 Å². The third kappa shape index (κ3) is 2.65. The van der Waals surface area contributed by atoms with Gasteiger partial charge in [-0.1, -0.05) is 6.07 Å². The van der Waals surface area contributed by atoms with Crippen LogP contribution in [-0.4, -0.2) is 9.97 Å². The standard InChI is InChI=1S/C15H13F2N3O/c1-8(18-12-5-3-10(16)7-11(12)17)9-2-4-13-14(6-9)20-15(21)19-13/h2-8,18H,1H3,(H2,19,20,21). The van der Waals surface area contributed by atoms with Crippen LogP contribution >= 0.6 is 0 Å². The van der Waals surface area contributed by atoms with E-state index in [1.807, 2.05) is 19.1 Å². The molecule has 21 heavy (non-hydrogen) atoms. The van der Waals surface area contributed by atoms with Gasteiger partial charge in [-0.25, -0.2) is 13.6 Å². The zero-order valence-electron chi connectivity index (χ0n) is 11.2. The predicted molar refractivity (Wildman–Crippen MR) is 77.3 cm³/mol. The highest BCUT2D eigenvalue weighted by atomic mass is 19.1. The Morgan fingerprint density at radius 3 is 2.57 bits per heavy atom. The summed E-state index contributed by atoms with van der Waals surface area (Å²) >= 11 is 0. The van der Waals surface area contributed by atoms with Crippen LogP contribution in [0.2, 0.25) is 0 Å². The average Bonchev–Trinajstić information content (AvgIpc) is 2.80. The summed E-state index contributed by atoms with van der Waals surface area (Å²) in [5.41, 5.74) is 2.23. The van der Waals surface area contributed by atoms with E-state index >= 15 is 0 Å². The van der Waals surface area contributed by atoms with Crippen LogP contribution < -0.4 is 11.0 Å². The molecule has 0 spiro atoms. The number of halogens is 2. The van der Waals surface area contributed by atoms with Crippen molar-refractivity contribution >= 4 is 16.7 Å². The molecule has 2 aromatic carbocycles. The van der Waals surface area contributed by atoms with Crippen molar-refractivity contribution in [3.05, 3.63) is 64.1 Å². The molecule has 0 radical (unpaired) electrons. The van der Waals surface area contributed by atoms with Gasteiger partial charge in [0.05, 0.1) is 16.7 Å². The Labute approximate surface area is 118 Å². The van der Waals surface area contributed by atoms with E-state index < -0.39 is 11.6 Å². The van der Waals surface area contributed by atoms with Crippen LogP contribution in [0.3, 0.4) is 0 Å². The maximum Gasteiger partial charge on any atom is 0.323 e. The van der Waals surface area contributed by atoms with E-state index in [1.165, 1.54) is 12.1 Å². The lowest BCUT2D eigenvalue weighted by Gasteiger charge is -2.16. The van der Waals surface area contributed by atoms with E-state index in [4.69, 9.17) is 0 Å². The first-order chi connectivity index (χ1) is 10.0. The normalized spacial score (nSPS) is 12.5. The van der Waals surface area contributed by atoms with Gasteiger partial charge in [-0.2, -0.15) is 0 Å². The van der Waals surface area contributed by atoms with E-state index in [9.17, 15) is 13.6 Å². The van der Waals surface area contributed by atoms with Crippen LogP contribution in [0.25, 0.3) is 11.0 Å². The van der Waals surface area contributed by atoms with E-state index in [1.54, 1.807) is 6.07 Å². The number of nitrogens with one attached hydrogen (secondary N) is 3. The second-order valence-electron chi connectivity index (χ2n) is 4.87. The Morgan fingerprint density at radius 1 is 1.05 bits per heavy atom. The number of rotatable bonds is 3. The highest BCUT2D eigenvalue weighted by Crippen LogP contribution is 2.23. The van der Waals surface area contributed by atoms with Gasteiger partial charge in [0.15, 0.2) is 0 Å². The third-order valence-electron chi connectivity index (χ3n) is 3.34. The second kappa shape index (κ2) is 5.05. The highest BCUT2D eigenvalue weighted by molar-refractivity contribution is 5.75. The van der Waals surface area contributed by atoms with Crippen LogP contribution in [0.4, 0.5) is 14.5 Å². The van der Waals surface area contributed by atoms with Crippen molar-refractivity contribution in [2.24, 2.45) is 0 Å². The number of aromatic nitrogens is 2. The predicted octanol–water partition coefficient (Wildman–Crippen LogP) is 3.31. The third-order valence-corrected chi connectivity index (χ3v) is 3.34. The van der Waals surface area contributed by atoms with Crippen molar-refractivity contribution in [2.45, 2.75) is 13.0 Å². The number of hydrogen-bond acceptors (Lipinski definition) is 2. The number of imidazole rings is 1. The molecule has 0 saturated carbocycles. The summed E-state index contributed by atoms with van der Waals surface area (Å²) < 4.78 is 26.5. The molecule has 3 aromatic rings. The van der Waals surface area contributed by atoms with Crippen molar-refractivity contribution in [1.29, 1.82) is 0 Å². The van der Waals surface area contributed by atoms with Crippen molar-refractivity contribution in [3.63, 3.8) is 0 Å². The smallest absolute Gasteiger partial charge is 0.323 e. The molecule has 6 heteroatoms. The Kier molecular flexibility index (Phi) is 3.21. The Hall–Kier alpha value is -2.63. The lowest BCUT2D eigenvalue weighted by atomic mass is 10.1. The molecule has 108 valence electrons. The lowest BCUT2D eigenvalue weighted by molar-refractivity contribution is 0.584. The minimum atomic E-state index is -0.641. The maximum absolute atomic E-state index is 13.6. The van der Waals surface area contributed by atoms with Gasteiger partial charge in [-0.3, -0.25) is 0 Å². The Morgan fingerprint density at radius 2 is 1.81 bits per heavy atom. The van der Waals surface area contributed by atoms with E-state index in [0.29, 0.717) is 11.0 Å². The molecule has 1 atom stereocenters. The highest BCUT2D eigenvalue weighted by Gasteiger charge is 2.10. The number of anilines is 1. The molecule has 0 aliphatic rings. The lowest BCUT2D eigenvalue weighted by Crippen LogP contribution is -2.08. The van der Waals surface area contributed by atoms with Gasteiger partial charge in [0.2, 0.25) is 0 Å². The fourth-order valence-electron chi connectivity index (χ4n) is 2.24. The Bertz CT molecular complexity index is 853. The number of fused-ring (bicyclic) bond motifs is 1. The summed E-state index contributed by atoms with van der Waals surface area (Å²) in [5, 5.41) is 2.98. The summed E-state index contributed by atoms with van der Waals surface area (Å²) in [7, 11) is 0. The second-order valence-corrected chi connectivity index (χ2v) is 4.87. The first-order valence-corrected chi connectivity index (χ1v) is 6.46. The first-order valence-electron chi connectivity index (χ1n) is 6.46. The zero-order chi connectivity index (χ0) is 15.0. The maximum atomic E-state index is 13.6. The molecular formula is C15H13F2N3O. The number of hydrogen-bond donors (Lipinski definition) is 3. The minimum Gasteiger partial charge on any atom is -0.376 e. The average molecular weight is 289 g/mol. The molecule has 3 rings (SSSR count). The van der Waals surface area contributed by atoms with Crippen molar-refractivity contribution in [2.75, 3.05) is 5.32 Å². The number of aromatic amines is 2. The Balaban J connectivity index is 1.89. The molecule has 0 fully saturated rings. The summed E-state index contributed by atoms with van der Waals surface area (Å²) in [6.45, 7) is 1.86. The fraction of sp³-hybridized carbons (Fsp3) is 0.133. The summed E-state index contributed by atoms with van der Waals surface area (Å²) in [5.74, 6) is -1.25. The number of H-pyrrole nitrogens is 2. The van der Waals surface area contributed by atoms with Crippen molar-refractivity contribution in [1.82, 2.24) is 9.97 Å². The molecule has 3 N–H and O–H groups in total. The molecule has 0 aliphatic carbocycles. The van der Waals surface area contributed by atoms with E-state index in [2.05, 4.69) is 15.3 Å². The molecule has 4 nitrogen and oxygen atoms in total. The molecule has 0 aliphatic heterocycles. The molecule has 0 bridgehead atoms. The van der Waals surface area contributed by atoms with Crippen LogP contribution in [0.5, 0.6) is 0 Å². The van der Waals surface area contributed by atoms with Crippen LogP contribution in [0.1, 0.15) is 18.5 Å². The molecule has 1 unspecified atom stereocenters. The van der Waals surface area contributed by atoms with E-state index in [0.717, 1.165) is 11.6 Å². The SMILES string of the molecule is CC(Nc1ccc(F)cc1F)c1ccc2[nH]c(=O)[nH]c2c1. The van der Waals surface area contributed by atoms with Gasteiger partial charge in [0.25, 0.3) is 0 Å². The zero-order valence-corrected chi connectivity index (χ0v) is 11.2. The topological polar surface area (TPSA) is 60.7 Å². The van der Waals surface area contributed by atoms with Gasteiger partial charge in [-0.15, -0.1) is 0 Å². The van der Waals surface area contributed by atoms with Crippen molar-refractivity contribution in [3.8, 4) is 0 Å². The molecule has 0 amide bonds. The van der Waals surface area contributed by atoms with Gasteiger partial charge < -0.3 is 15.3 Å². The molecule has 0 saturated heterocycles. The monoisotopic (exact) mass is 289 g/mol. The molecule has 1 aromatic heterocycles. The quantitative estimate of drug-likeness (QED) is 0.692. The van der Waals surface area contributed by atoms with Gasteiger partial charge >= 0.3 is 5.69 Å². The largest absolute Gasteiger partial charge is 0.376 e. The van der Waals surface area contributed by atoms with Gasteiger partial charge in [-0.05, 0) is 36.8 Å². The first kappa shape index (κ1) is 13.4. The van der Waals surface area contributed by atoms with E-state index in [-0.39, 0.29) is 17.4 Å². The summed E-state index contributed by atoms with van der Waals surface area (Å²) in [4.78, 5) is 16.6. The molecule has 1 heterocycles. The summed E-state index contributed by atoms with van der Waals surface area (Å²) in [6, 6.07) is 8.62. The summed E-state index contributed by atoms with van der Waals surface area (Å²) in [6.07, 6.45) is 0. The number of benzene rings is 2. The van der Waals surface area contributed by atoms with Crippen LogP contribution in [0.15, 0.2) is 41.2 Å².